The lowest BCUT2D eigenvalue weighted by atomic mass is 10.3. The fourth-order valence-electron chi connectivity index (χ4n) is 1.43. The van der Waals surface area contributed by atoms with Gasteiger partial charge in [-0.05, 0) is 12.1 Å². The number of nitrogens with zero attached hydrogens (tertiary/aromatic N) is 3. The molecule has 0 amide bonds. The van der Waals surface area contributed by atoms with E-state index in [1.807, 2.05) is 0 Å². The van der Waals surface area contributed by atoms with Crippen LogP contribution in [0.25, 0.3) is 11.1 Å². The Morgan fingerprint density at radius 1 is 1.30 bits per heavy atom. The van der Waals surface area contributed by atoms with Crippen LogP contribution in [0.5, 0.6) is 0 Å². The van der Waals surface area contributed by atoms with Gasteiger partial charge < -0.3 is 8.83 Å². The minimum Gasteiger partial charge on any atom is -0.423 e. The number of aromatic nitrogens is 3. The van der Waals surface area contributed by atoms with Crippen LogP contribution >= 0.6 is 11.6 Å². The van der Waals surface area contributed by atoms with Gasteiger partial charge in [0.25, 0.3) is 0 Å². The molecule has 10 heteroatoms. The molecule has 3 aromatic rings. The molecule has 0 spiro atoms. The lowest BCUT2D eigenvalue weighted by molar-refractivity contribution is -0.0818. The number of halogens is 2. The van der Waals surface area contributed by atoms with E-state index in [9.17, 15) is 9.32 Å². The van der Waals surface area contributed by atoms with E-state index in [-0.39, 0.29) is 12.0 Å². The van der Waals surface area contributed by atoms with Gasteiger partial charge in [0.15, 0.2) is 5.58 Å². The van der Waals surface area contributed by atoms with Crippen molar-refractivity contribution in [3.05, 3.63) is 29.1 Å². The van der Waals surface area contributed by atoms with Gasteiger partial charge in [-0.2, -0.15) is 4.98 Å². The molecule has 2 aromatic heterocycles. The molecule has 8 nitrogen and oxygen atoms in total. The maximum Gasteiger partial charge on any atom is 0.435 e. The molecule has 20 heavy (non-hydrogen) atoms. The van der Waals surface area contributed by atoms with Crippen molar-refractivity contribution >= 4 is 40.7 Å². The first-order chi connectivity index (χ1) is 9.65. The van der Waals surface area contributed by atoms with E-state index in [2.05, 4.69) is 25.4 Å². The SMILES string of the molecule is O=C(OF)c1nnc(Nc2nc3ccc(Cl)cc3o2)o1. The Kier molecular flexibility index (Phi) is 2.95. The smallest absolute Gasteiger partial charge is 0.423 e. The molecular weight excluding hydrogens is 295 g/mol. The highest BCUT2D eigenvalue weighted by Crippen LogP contribution is 2.24. The van der Waals surface area contributed by atoms with Gasteiger partial charge >= 0.3 is 23.9 Å². The molecule has 0 aliphatic heterocycles. The van der Waals surface area contributed by atoms with Gasteiger partial charge in [-0.25, -0.2) is 9.74 Å². The number of carbonyl (C=O) groups excluding carboxylic acids is 1. The first kappa shape index (κ1) is 12.4. The number of rotatable bonds is 3. The Hall–Kier alpha value is -2.68. The van der Waals surface area contributed by atoms with Gasteiger partial charge in [0.05, 0.1) is 0 Å². The van der Waals surface area contributed by atoms with E-state index in [1.54, 1.807) is 18.2 Å². The molecule has 0 atom stereocenters. The van der Waals surface area contributed by atoms with E-state index in [4.69, 9.17) is 20.4 Å². The Bertz CT molecular complexity index is 787. The average molecular weight is 299 g/mol. The van der Waals surface area contributed by atoms with Crippen LogP contribution in [0.15, 0.2) is 27.0 Å². The van der Waals surface area contributed by atoms with Gasteiger partial charge in [-0.3, -0.25) is 5.32 Å². The van der Waals surface area contributed by atoms with Gasteiger partial charge in [0.2, 0.25) is 0 Å². The lowest BCUT2D eigenvalue weighted by Gasteiger charge is -1.91. The average Bonchev–Trinajstić information content (AvgIpc) is 3.04. The second kappa shape index (κ2) is 4.78. The number of hydrogen-bond donors (Lipinski definition) is 1. The van der Waals surface area contributed by atoms with E-state index < -0.39 is 11.9 Å². The Morgan fingerprint density at radius 3 is 2.95 bits per heavy atom. The van der Waals surface area contributed by atoms with E-state index in [1.165, 1.54) is 0 Å². The number of anilines is 2. The molecule has 0 fully saturated rings. The Morgan fingerprint density at radius 2 is 2.15 bits per heavy atom. The second-order valence-electron chi connectivity index (χ2n) is 3.53. The molecule has 0 bridgehead atoms. The monoisotopic (exact) mass is 298 g/mol. The number of benzene rings is 1. The van der Waals surface area contributed by atoms with Crippen molar-refractivity contribution in [3.63, 3.8) is 0 Å². The van der Waals surface area contributed by atoms with Crippen molar-refractivity contribution < 1.29 is 23.1 Å². The molecule has 2 heterocycles. The molecule has 0 saturated carbocycles. The summed E-state index contributed by atoms with van der Waals surface area (Å²) in [6.07, 6.45) is 0. The maximum atomic E-state index is 11.6. The summed E-state index contributed by atoms with van der Waals surface area (Å²) < 4.78 is 21.8. The van der Waals surface area contributed by atoms with E-state index in [0.29, 0.717) is 16.1 Å². The molecule has 3 rings (SSSR count). The van der Waals surface area contributed by atoms with Crippen LogP contribution in [0.3, 0.4) is 0 Å². The highest BCUT2D eigenvalue weighted by molar-refractivity contribution is 6.31. The van der Waals surface area contributed by atoms with Gasteiger partial charge in [-0.15, -0.1) is 0 Å². The zero-order chi connectivity index (χ0) is 14.1. The van der Waals surface area contributed by atoms with Crippen LogP contribution < -0.4 is 5.32 Å². The molecule has 102 valence electrons. The fourth-order valence-corrected chi connectivity index (χ4v) is 1.59. The van der Waals surface area contributed by atoms with Gasteiger partial charge in [0, 0.05) is 15.6 Å². The van der Waals surface area contributed by atoms with Crippen molar-refractivity contribution in [1.29, 1.82) is 0 Å². The summed E-state index contributed by atoms with van der Waals surface area (Å²) >= 11 is 5.81. The number of oxazole rings is 1. The third-order valence-corrected chi connectivity index (χ3v) is 2.47. The van der Waals surface area contributed by atoms with Crippen LogP contribution in [-0.2, 0) is 4.94 Å². The zero-order valence-electron chi connectivity index (χ0n) is 9.46. The molecule has 0 saturated heterocycles. The highest BCUT2D eigenvalue weighted by Gasteiger charge is 2.18. The van der Waals surface area contributed by atoms with Crippen molar-refractivity contribution in [3.8, 4) is 0 Å². The predicted molar refractivity (Wildman–Crippen MR) is 63.1 cm³/mol. The number of nitrogens with one attached hydrogen (secondary N) is 1. The summed E-state index contributed by atoms with van der Waals surface area (Å²) in [5.74, 6) is -2.04. The molecule has 1 aromatic carbocycles. The van der Waals surface area contributed by atoms with Crippen molar-refractivity contribution in [2.75, 3.05) is 5.32 Å². The number of fused-ring (bicyclic) bond motifs is 1. The van der Waals surface area contributed by atoms with E-state index in [0.717, 1.165) is 0 Å². The lowest BCUT2D eigenvalue weighted by Crippen LogP contribution is -1.98. The largest absolute Gasteiger partial charge is 0.435 e. The summed E-state index contributed by atoms with van der Waals surface area (Å²) in [6.45, 7) is 0. The first-order valence-electron chi connectivity index (χ1n) is 5.15. The second-order valence-corrected chi connectivity index (χ2v) is 3.97. The van der Waals surface area contributed by atoms with E-state index >= 15 is 0 Å². The first-order valence-corrected chi connectivity index (χ1v) is 5.53. The summed E-state index contributed by atoms with van der Waals surface area (Å²) in [5.41, 5.74) is 1.00. The molecule has 0 aliphatic carbocycles. The summed E-state index contributed by atoms with van der Waals surface area (Å²) in [5, 5.41) is 9.73. The Balaban J connectivity index is 1.85. The fraction of sp³-hybridized carbons (Fsp3) is 0. The molecule has 0 radical (unpaired) electrons. The van der Waals surface area contributed by atoms with Gasteiger partial charge in [0.1, 0.15) is 5.52 Å². The normalized spacial score (nSPS) is 10.7. The van der Waals surface area contributed by atoms with Crippen LogP contribution in [0, 0.1) is 0 Å². The molecule has 0 unspecified atom stereocenters. The van der Waals surface area contributed by atoms with Crippen molar-refractivity contribution in [2.45, 2.75) is 0 Å². The minimum atomic E-state index is -1.39. The van der Waals surface area contributed by atoms with Crippen LogP contribution in [0.1, 0.15) is 10.7 Å². The van der Waals surface area contributed by atoms with Crippen LogP contribution in [0.2, 0.25) is 5.02 Å². The zero-order valence-corrected chi connectivity index (χ0v) is 10.2. The molecule has 0 aliphatic rings. The Labute approximate surface area is 114 Å². The van der Waals surface area contributed by atoms with Crippen molar-refractivity contribution in [2.24, 2.45) is 0 Å². The third-order valence-electron chi connectivity index (χ3n) is 2.23. The quantitative estimate of drug-likeness (QED) is 0.787. The molecular formula is C10H4ClFN4O4. The highest BCUT2D eigenvalue weighted by atomic mass is 35.5. The van der Waals surface area contributed by atoms with Crippen molar-refractivity contribution in [1.82, 2.24) is 15.2 Å². The minimum absolute atomic E-state index is 0.0473. The third kappa shape index (κ3) is 2.26. The number of hydrogen-bond acceptors (Lipinski definition) is 8. The molecule has 1 N–H and O–H groups in total. The van der Waals surface area contributed by atoms with Crippen LogP contribution in [0.4, 0.5) is 16.6 Å². The predicted octanol–water partition coefficient (Wildman–Crippen LogP) is 2.65. The van der Waals surface area contributed by atoms with Gasteiger partial charge in [-0.1, -0.05) is 21.8 Å². The van der Waals surface area contributed by atoms with Crippen LogP contribution in [-0.4, -0.2) is 21.2 Å². The maximum absolute atomic E-state index is 11.6. The standard InChI is InChI=1S/C10H4ClFN4O4/c11-4-1-2-5-6(3-4)18-9(13-5)14-10-16-15-7(19-10)8(17)20-12/h1-3H,(H,13,14,16). The summed E-state index contributed by atoms with van der Waals surface area (Å²) in [7, 11) is 0. The summed E-state index contributed by atoms with van der Waals surface area (Å²) in [6, 6.07) is 4.73. The summed E-state index contributed by atoms with van der Waals surface area (Å²) in [4.78, 5) is 17.8. The topological polar surface area (TPSA) is 103 Å². The number of carbonyl (C=O) groups is 1.